The van der Waals surface area contributed by atoms with E-state index in [0.717, 1.165) is 12.8 Å². The van der Waals surface area contributed by atoms with Gasteiger partial charge >= 0.3 is 63.3 Å². The third-order valence-electron chi connectivity index (χ3n) is 4.84. The van der Waals surface area contributed by atoms with Crippen LogP contribution in [0.1, 0.15) is 107 Å². The molecule has 0 saturated carbocycles. The third kappa shape index (κ3) is 24.5. The van der Waals surface area contributed by atoms with Crippen LogP contribution in [0.15, 0.2) is 36.4 Å². The van der Waals surface area contributed by atoms with Gasteiger partial charge in [0.1, 0.15) is 0 Å². The van der Waals surface area contributed by atoms with Gasteiger partial charge in [-0.2, -0.15) is 0 Å². The number of allylic oxidation sites excluding steroid dienone is 2. The van der Waals surface area contributed by atoms with E-state index >= 15 is 0 Å². The standard InChI is InChI=1S/C18H34O2.C7H7NO2.Cu.K.H/c1-2-3-4-5-6-7-8-9-10-11-12-13-14-15-16-17-18(19)20;8-6-4-2-1-3-5(6)7(9)10;;;/h9-10H,2-8,11-17H2,1H3,(H,19,20);1-4H,8H2,(H,9,10);;;. The number of unbranched alkanes of at least 4 members (excludes halogenated alkanes) is 11. The first kappa shape index (κ1) is 36.4. The first-order valence-electron chi connectivity index (χ1n) is 11.4. The molecule has 0 aromatic heterocycles. The molecule has 0 unspecified atom stereocenters. The van der Waals surface area contributed by atoms with E-state index in [-0.39, 0.29) is 74.0 Å². The van der Waals surface area contributed by atoms with Gasteiger partial charge in [-0.15, -0.1) is 0 Å². The Hall–Kier alpha value is -0.144. The van der Waals surface area contributed by atoms with E-state index in [4.69, 9.17) is 15.9 Å². The van der Waals surface area contributed by atoms with Crippen LogP contribution in [0.2, 0.25) is 0 Å². The predicted octanol–water partition coefficient (Wildman–Crippen LogP) is 6.42. The molecule has 1 aromatic rings. The second kappa shape index (κ2) is 27.1. The summed E-state index contributed by atoms with van der Waals surface area (Å²) >= 11 is 0. The van der Waals surface area contributed by atoms with E-state index in [1.807, 2.05) is 0 Å². The van der Waals surface area contributed by atoms with Crippen LogP contribution in [-0.2, 0) is 21.9 Å². The summed E-state index contributed by atoms with van der Waals surface area (Å²) in [6.07, 6.45) is 21.2. The van der Waals surface area contributed by atoms with Crippen LogP contribution < -0.4 is 5.73 Å². The SMILES string of the molecule is CCCCCCCCC=CCCCCCCCC(=O)O.Nc1ccccc1C(=O)O.[Cu].[KH]. The van der Waals surface area contributed by atoms with Crippen molar-refractivity contribution in [2.75, 3.05) is 5.73 Å². The van der Waals surface area contributed by atoms with Gasteiger partial charge in [0, 0.05) is 29.2 Å². The zero-order valence-electron chi connectivity index (χ0n) is 19.0. The topological polar surface area (TPSA) is 101 Å². The molecule has 183 valence electrons. The van der Waals surface area contributed by atoms with Crippen LogP contribution in [0.5, 0.6) is 0 Å². The number of rotatable bonds is 16. The summed E-state index contributed by atoms with van der Waals surface area (Å²) < 4.78 is 0. The van der Waals surface area contributed by atoms with Crippen molar-refractivity contribution in [1.29, 1.82) is 0 Å². The fourth-order valence-corrected chi connectivity index (χ4v) is 3.04. The van der Waals surface area contributed by atoms with Gasteiger partial charge in [-0.05, 0) is 44.2 Å². The zero-order valence-corrected chi connectivity index (χ0v) is 19.9. The fraction of sp³-hybridized carbons (Fsp3) is 0.600. The molecule has 0 bridgehead atoms. The number of anilines is 1. The van der Waals surface area contributed by atoms with Gasteiger partial charge in [-0.25, -0.2) is 4.79 Å². The van der Waals surface area contributed by atoms with Gasteiger partial charge < -0.3 is 15.9 Å². The van der Waals surface area contributed by atoms with E-state index in [1.54, 1.807) is 18.2 Å². The molecule has 0 spiro atoms. The van der Waals surface area contributed by atoms with Crippen LogP contribution in [0.25, 0.3) is 0 Å². The Morgan fingerprint density at radius 1 is 0.812 bits per heavy atom. The van der Waals surface area contributed by atoms with Crippen molar-refractivity contribution in [3.63, 3.8) is 0 Å². The van der Waals surface area contributed by atoms with Crippen LogP contribution in [0.4, 0.5) is 5.69 Å². The molecule has 1 aromatic carbocycles. The Kier molecular flexibility index (Phi) is 30.9. The summed E-state index contributed by atoms with van der Waals surface area (Å²) in [7, 11) is 0. The first-order chi connectivity index (χ1) is 14.5. The summed E-state index contributed by atoms with van der Waals surface area (Å²) in [6, 6.07) is 6.36. The van der Waals surface area contributed by atoms with Gasteiger partial charge in [-0.1, -0.05) is 82.6 Å². The van der Waals surface area contributed by atoms with Crippen LogP contribution >= 0.6 is 0 Å². The number of carbonyl (C=O) groups is 2. The van der Waals surface area contributed by atoms with Gasteiger partial charge in [0.2, 0.25) is 0 Å². The maximum absolute atomic E-state index is 10.3. The van der Waals surface area contributed by atoms with E-state index in [9.17, 15) is 9.59 Å². The van der Waals surface area contributed by atoms with E-state index in [1.165, 1.54) is 76.7 Å². The van der Waals surface area contributed by atoms with Crippen molar-refractivity contribution in [1.82, 2.24) is 0 Å². The Bertz CT molecular complexity index is 611. The number of benzene rings is 1. The summed E-state index contributed by atoms with van der Waals surface area (Å²) in [5.74, 6) is -1.65. The number of hydrogen-bond donors (Lipinski definition) is 3. The Labute approximate surface area is 247 Å². The molecular formula is C25H42CuKNO4. The summed E-state index contributed by atoms with van der Waals surface area (Å²) in [5.41, 5.74) is 5.80. The fourth-order valence-electron chi connectivity index (χ4n) is 3.04. The predicted molar refractivity (Wildman–Crippen MR) is 132 cm³/mol. The van der Waals surface area contributed by atoms with Gasteiger partial charge in [-0.3, -0.25) is 4.79 Å². The average molecular weight is 523 g/mol. The molecule has 0 aliphatic rings. The molecule has 1 rings (SSSR count). The monoisotopic (exact) mass is 522 g/mol. The molecule has 5 nitrogen and oxygen atoms in total. The van der Waals surface area contributed by atoms with Crippen molar-refractivity contribution in [3.05, 3.63) is 42.0 Å². The normalized spacial score (nSPS) is 9.91. The van der Waals surface area contributed by atoms with Crippen molar-refractivity contribution >= 4 is 69.0 Å². The van der Waals surface area contributed by atoms with Crippen molar-refractivity contribution in [2.45, 2.75) is 96.8 Å². The molecule has 7 heteroatoms. The van der Waals surface area contributed by atoms with Gasteiger partial charge in [0.05, 0.1) is 5.56 Å². The Morgan fingerprint density at radius 3 is 1.72 bits per heavy atom. The van der Waals surface area contributed by atoms with Crippen molar-refractivity contribution < 1.29 is 36.9 Å². The third-order valence-corrected chi connectivity index (χ3v) is 4.84. The van der Waals surface area contributed by atoms with E-state index < -0.39 is 11.9 Å². The molecule has 0 atom stereocenters. The quantitative estimate of drug-likeness (QED) is 0.100. The summed E-state index contributed by atoms with van der Waals surface area (Å²) in [4.78, 5) is 20.7. The molecule has 1 radical (unpaired) electrons. The van der Waals surface area contributed by atoms with Crippen LogP contribution in [-0.4, -0.2) is 73.5 Å². The molecule has 0 amide bonds. The molecule has 0 aliphatic carbocycles. The number of hydrogen-bond acceptors (Lipinski definition) is 3. The van der Waals surface area contributed by atoms with Gasteiger partial charge in [0.15, 0.2) is 0 Å². The number of aliphatic carboxylic acids is 1. The summed E-state index contributed by atoms with van der Waals surface area (Å²) in [5, 5.41) is 17.0. The minimum atomic E-state index is -0.988. The molecule has 0 aliphatic heterocycles. The number of nitrogen functional groups attached to an aromatic ring is 1. The number of carboxylic acids is 2. The second-order valence-corrected chi connectivity index (χ2v) is 7.62. The van der Waals surface area contributed by atoms with Crippen LogP contribution in [0.3, 0.4) is 0 Å². The molecule has 0 saturated heterocycles. The van der Waals surface area contributed by atoms with E-state index in [0.29, 0.717) is 12.1 Å². The number of para-hydroxylation sites is 1. The van der Waals surface area contributed by atoms with Crippen LogP contribution in [0, 0.1) is 0 Å². The zero-order chi connectivity index (χ0) is 22.5. The molecule has 4 N–H and O–H groups in total. The molecule has 0 fully saturated rings. The Balaban J connectivity index is -0.000000591. The molecule has 32 heavy (non-hydrogen) atoms. The molecular weight excluding hydrogens is 481 g/mol. The second-order valence-electron chi connectivity index (χ2n) is 7.62. The maximum atomic E-state index is 10.3. The van der Waals surface area contributed by atoms with Crippen molar-refractivity contribution in [2.24, 2.45) is 0 Å². The van der Waals surface area contributed by atoms with E-state index in [2.05, 4.69) is 19.1 Å². The van der Waals surface area contributed by atoms with Crippen molar-refractivity contribution in [3.8, 4) is 0 Å². The van der Waals surface area contributed by atoms with Gasteiger partial charge in [0.25, 0.3) is 0 Å². The summed E-state index contributed by atoms with van der Waals surface area (Å²) in [6.45, 7) is 2.26. The average Bonchev–Trinajstić information content (AvgIpc) is 2.71. The molecule has 0 heterocycles. The first-order valence-corrected chi connectivity index (χ1v) is 11.4. The minimum absolute atomic E-state index is 0. The number of carboxylic acid groups (broad SMARTS) is 2. The Morgan fingerprint density at radius 2 is 1.28 bits per heavy atom. The number of aromatic carboxylic acids is 1. The number of nitrogens with two attached hydrogens (primary N) is 1.